The van der Waals surface area contributed by atoms with E-state index in [2.05, 4.69) is 16.3 Å². The molecule has 2 amide bonds. The molecule has 1 saturated heterocycles. The van der Waals surface area contributed by atoms with Crippen LogP contribution in [0.1, 0.15) is 11.1 Å². The second-order valence-electron chi connectivity index (χ2n) is 6.74. The molecule has 3 rings (SSSR count). The number of nitrogens with one attached hydrogen (secondary N) is 1. The van der Waals surface area contributed by atoms with Crippen molar-refractivity contribution in [1.29, 1.82) is 0 Å². The number of ether oxygens (including phenoxy) is 1. The Labute approximate surface area is 165 Å². The van der Waals surface area contributed by atoms with Crippen LogP contribution in [0.25, 0.3) is 0 Å². The summed E-state index contributed by atoms with van der Waals surface area (Å²) >= 11 is 6.23. The number of carbonyl (C=O) groups is 1. The molecule has 0 radical (unpaired) electrons. The molecule has 1 aliphatic heterocycles. The van der Waals surface area contributed by atoms with Crippen molar-refractivity contribution in [2.24, 2.45) is 0 Å². The zero-order valence-corrected chi connectivity index (χ0v) is 16.6. The number of hydrogen-bond donors (Lipinski definition) is 1. The van der Waals surface area contributed by atoms with Crippen molar-refractivity contribution < 1.29 is 9.53 Å². The lowest BCUT2D eigenvalue weighted by Gasteiger charge is -2.36. The number of aryl methyl sites for hydroxylation is 1. The van der Waals surface area contributed by atoms with Crippen molar-refractivity contribution in [3.8, 4) is 5.75 Å². The van der Waals surface area contributed by atoms with E-state index in [1.54, 1.807) is 7.11 Å². The number of urea groups is 1. The summed E-state index contributed by atoms with van der Waals surface area (Å²) in [6, 6.07) is 14.0. The van der Waals surface area contributed by atoms with Crippen LogP contribution in [0.4, 0.5) is 10.5 Å². The lowest BCUT2D eigenvalue weighted by molar-refractivity contribution is 0.194. The zero-order valence-electron chi connectivity index (χ0n) is 15.9. The quantitative estimate of drug-likeness (QED) is 0.850. The standard InChI is InChI=1S/C21H26ClN3O2/c1-16-6-7-18(15-20(16)22)24-10-12-25(13-11-24)21(26)23-9-8-17-4-3-5-19(14-17)27-2/h3-7,14-15H,8-13H2,1-2H3,(H,23,26). The zero-order chi connectivity index (χ0) is 19.2. The number of benzene rings is 2. The summed E-state index contributed by atoms with van der Waals surface area (Å²) in [7, 11) is 1.66. The van der Waals surface area contributed by atoms with Crippen molar-refractivity contribution in [3.63, 3.8) is 0 Å². The van der Waals surface area contributed by atoms with E-state index in [-0.39, 0.29) is 6.03 Å². The fraction of sp³-hybridized carbons (Fsp3) is 0.381. The Morgan fingerprint density at radius 2 is 1.93 bits per heavy atom. The molecule has 2 aromatic carbocycles. The maximum absolute atomic E-state index is 12.4. The number of amides is 2. The third-order valence-electron chi connectivity index (χ3n) is 4.91. The fourth-order valence-electron chi connectivity index (χ4n) is 3.20. The van der Waals surface area contributed by atoms with Crippen LogP contribution in [-0.2, 0) is 6.42 Å². The van der Waals surface area contributed by atoms with E-state index < -0.39 is 0 Å². The molecule has 0 saturated carbocycles. The number of halogens is 1. The molecule has 2 aromatic rings. The highest BCUT2D eigenvalue weighted by molar-refractivity contribution is 6.31. The summed E-state index contributed by atoms with van der Waals surface area (Å²) in [6.07, 6.45) is 0.783. The van der Waals surface area contributed by atoms with Gasteiger partial charge in [-0.05, 0) is 48.7 Å². The first-order valence-electron chi connectivity index (χ1n) is 9.23. The van der Waals surface area contributed by atoms with Crippen LogP contribution in [0.3, 0.4) is 0 Å². The number of anilines is 1. The fourth-order valence-corrected chi connectivity index (χ4v) is 3.37. The molecule has 0 atom stereocenters. The normalized spacial score (nSPS) is 14.2. The smallest absolute Gasteiger partial charge is 0.317 e. The molecule has 1 N–H and O–H groups in total. The summed E-state index contributed by atoms with van der Waals surface area (Å²) < 4.78 is 5.23. The van der Waals surface area contributed by atoms with E-state index in [0.29, 0.717) is 19.6 Å². The van der Waals surface area contributed by atoms with Gasteiger partial charge in [-0.1, -0.05) is 29.8 Å². The average Bonchev–Trinajstić information content (AvgIpc) is 2.70. The summed E-state index contributed by atoms with van der Waals surface area (Å²) in [5.41, 5.74) is 3.34. The van der Waals surface area contributed by atoms with E-state index in [1.807, 2.05) is 48.2 Å². The number of carbonyl (C=O) groups excluding carboxylic acids is 1. The predicted octanol–water partition coefficient (Wildman–Crippen LogP) is 3.73. The Bertz CT molecular complexity index is 789. The minimum atomic E-state index is -0.000477. The van der Waals surface area contributed by atoms with Crippen molar-refractivity contribution in [3.05, 3.63) is 58.6 Å². The maximum Gasteiger partial charge on any atom is 0.317 e. The summed E-state index contributed by atoms with van der Waals surface area (Å²) in [4.78, 5) is 16.5. The molecule has 144 valence electrons. The molecule has 1 fully saturated rings. The van der Waals surface area contributed by atoms with Crippen molar-refractivity contribution in [1.82, 2.24) is 10.2 Å². The Balaban J connectivity index is 1.44. The third-order valence-corrected chi connectivity index (χ3v) is 5.32. The van der Waals surface area contributed by atoms with Gasteiger partial charge in [-0.25, -0.2) is 4.79 Å². The highest BCUT2D eigenvalue weighted by Crippen LogP contribution is 2.24. The minimum Gasteiger partial charge on any atom is -0.497 e. The molecule has 0 aromatic heterocycles. The number of nitrogens with zero attached hydrogens (tertiary/aromatic N) is 2. The lowest BCUT2D eigenvalue weighted by Crippen LogP contribution is -2.52. The van der Waals surface area contributed by atoms with E-state index >= 15 is 0 Å². The Hall–Kier alpha value is -2.40. The molecular weight excluding hydrogens is 362 g/mol. The highest BCUT2D eigenvalue weighted by Gasteiger charge is 2.21. The van der Waals surface area contributed by atoms with Crippen LogP contribution in [0.15, 0.2) is 42.5 Å². The van der Waals surface area contributed by atoms with Gasteiger partial charge in [0.1, 0.15) is 5.75 Å². The molecule has 0 aliphatic carbocycles. The van der Waals surface area contributed by atoms with Gasteiger partial charge in [0.25, 0.3) is 0 Å². The second-order valence-corrected chi connectivity index (χ2v) is 7.15. The molecule has 0 unspecified atom stereocenters. The number of hydrogen-bond acceptors (Lipinski definition) is 3. The van der Waals surface area contributed by atoms with Crippen molar-refractivity contribution >= 4 is 23.3 Å². The van der Waals surface area contributed by atoms with Gasteiger partial charge in [-0.3, -0.25) is 0 Å². The molecule has 6 heteroatoms. The number of methoxy groups -OCH3 is 1. The number of piperazine rings is 1. The van der Waals surface area contributed by atoms with Gasteiger partial charge in [0, 0.05) is 43.4 Å². The van der Waals surface area contributed by atoms with E-state index in [0.717, 1.165) is 47.1 Å². The van der Waals surface area contributed by atoms with Crippen LogP contribution in [-0.4, -0.2) is 50.8 Å². The molecule has 27 heavy (non-hydrogen) atoms. The first-order chi connectivity index (χ1) is 13.1. The first kappa shape index (κ1) is 19.4. The maximum atomic E-state index is 12.4. The Kier molecular flexibility index (Phi) is 6.45. The topological polar surface area (TPSA) is 44.8 Å². The lowest BCUT2D eigenvalue weighted by atomic mass is 10.1. The van der Waals surface area contributed by atoms with Gasteiger partial charge in [-0.15, -0.1) is 0 Å². The summed E-state index contributed by atoms with van der Waals surface area (Å²) in [5, 5.41) is 3.80. The minimum absolute atomic E-state index is 0.000477. The predicted molar refractivity (Wildman–Crippen MR) is 110 cm³/mol. The van der Waals surface area contributed by atoms with E-state index in [4.69, 9.17) is 16.3 Å². The molecule has 0 spiro atoms. The van der Waals surface area contributed by atoms with Crippen LogP contribution in [0.2, 0.25) is 5.02 Å². The van der Waals surface area contributed by atoms with Crippen LogP contribution < -0.4 is 15.0 Å². The average molecular weight is 388 g/mol. The van der Waals surface area contributed by atoms with Crippen LogP contribution in [0.5, 0.6) is 5.75 Å². The van der Waals surface area contributed by atoms with Gasteiger partial charge >= 0.3 is 6.03 Å². The van der Waals surface area contributed by atoms with Crippen LogP contribution >= 0.6 is 11.6 Å². The van der Waals surface area contributed by atoms with Gasteiger partial charge in [0.05, 0.1) is 7.11 Å². The van der Waals surface area contributed by atoms with Gasteiger partial charge in [0.15, 0.2) is 0 Å². The third kappa shape index (κ3) is 5.07. The SMILES string of the molecule is COc1cccc(CCNC(=O)N2CCN(c3ccc(C)c(Cl)c3)CC2)c1. The number of rotatable bonds is 5. The Morgan fingerprint density at radius 1 is 1.15 bits per heavy atom. The van der Waals surface area contributed by atoms with Crippen LogP contribution in [0, 0.1) is 6.92 Å². The van der Waals surface area contributed by atoms with Crippen molar-refractivity contribution in [2.45, 2.75) is 13.3 Å². The van der Waals surface area contributed by atoms with Gasteiger partial charge in [0.2, 0.25) is 0 Å². The van der Waals surface area contributed by atoms with Gasteiger partial charge < -0.3 is 19.9 Å². The monoisotopic (exact) mass is 387 g/mol. The van der Waals surface area contributed by atoms with Crippen molar-refractivity contribution in [2.75, 3.05) is 44.7 Å². The summed E-state index contributed by atoms with van der Waals surface area (Å²) in [5.74, 6) is 0.839. The molecule has 5 nitrogen and oxygen atoms in total. The first-order valence-corrected chi connectivity index (χ1v) is 9.61. The van der Waals surface area contributed by atoms with E-state index in [9.17, 15) is 4.79 Å². The van der Waals surface area contributed by atoms with Gasteiger partial charge in [-0.2, -0.15) is 0 Å². The molecule has 1 aliphatic rings. The van der Waals surface area contributed by atoms with E-state index in [1.165, 1.54) is 0 Å². The second kappa shape index (κ2) is 9.00. The largest absolute Gasteiger partial charge is 0.497 e. The summed E-state index contributed by atoms with van der Waals surface area (Å²) in [6.45, 7) is 5.64. The molecule has 0 bridgehead atoms. The molecular formula is C21H26ClN3O2. The molecule has 1 heterocycles. The highest BCUT2D eigenvalue weighted by atomic mass is 35.5. The Morgan fingerprint density at radius 3 is 2.63 bits per heavy atom.